The van der Waals surface area contributed by atoms with Gasteiger partial charge in [0.1, 0.15) is 0 Å². The minimum absolute atomic E-state index is 0.0271. The van der Waals surface area contributed by atoms with Crippen LogP contribution in [0.5, 0.6) is 0 Å². The van der Waals surface area contributed by atoms with Gasteiger partial charge >= 0.3 is 0 Å². The van der Waals surface area contributed by atoms with Gasteiger partial charge in [-0.05, 0) is 0 Å². The maximum Gasteiger partial charge on any atom is 0.235 e. The fraction of sp³-hybridized carbons (Fsp3) is 0.857. The van der Waals surface area contributed by atoms with Crippen LogP contribution in [0.25, 0.3) is 0 Å². The Labute approximate surface area is 73.0 Å². The summed E-state index contributed by atoms with van der Waals surface area (Å²) in [6, 6.07) is 0. The molecule has 2 N–H and O–H groups in total. The molecule has 72 valence electrons. The van der Waals surface area contributed by atoms with Gasteiger partial charge in [-0.3, -0.25) is 9.80 Å². The molecule has 0 aromatic carbocycles. The SMILES string of the molecule is COCCNC(=O)CNN(C)C. The Morgan fingerprint density at radius 2 is 2.17 bits per heavy atom. The molecule has 12 heavy (non-hydrogen) atoms. The Kier molecular flexibility index (Phi) is 6.64. The predicted molar refractivity (Wildman–Crippen MR) is 46.6 cm³/mol. The molecule has 0 rings (SSSR count). The summed E-state index contributed by atoms with van der Waals surface area (Å²) in [5, 5.41) is 4.42. The number of hydrogen-bond donors (Lipinski definition) is 2. The largest absolute Gasteiger partial charge is 0.383 e. The lowest BCUT2D eigenvalue weighted by Crippen LogP contribution is -2.41. The van der Waals surface area contributed by atoms with Crippen LogP contribution in [0, 0.1) is 0 Å². The van der Waals surface area contributed by atoms with Crippen molar-refractivity contribution < 1.29 is 9.53 Å². The molecule has 0 atom stereocenters. The third kappa shape index (κ3) is 7.46. The van der Waals surface area contributed by atoms with Gasteiger partial charge in [-0.2, -0.15) is 0 Å². The highest BCUT2D eigenvalue weighted by Gasteiger charge is 1.98. The Balaban J connectivity index is 3.22. The Morgan fingerprint density at radius 1 is 1.50 bits per heavy atom. The molecule has 5 heteroatoms. The fourth-order valence-electron chi connectivity index (χ4n) is 0.585. The van der Waals surface area contributed by atoms with E-state index in [1.54, 1.807) is 12.1 Å². The summed E-state index contributed by atoms with van der Waals surface area (Å²) in [7, 11) is 5.27. The summed E-state index contributed by atoms with van der Waals surface area (Å²) >= 11 is 0. The second-order valence-electron chi connectivity index (χ2n) is 2.57. The van der Waals surface area contributed by atoms with Gasteiger partial charge < -0.3 is 10.1 Å². The maximum absolute atomic E-state index is 11.0. The molecule has 0 spiro atoms. The minimum atomic E-state index is -0.0271. The average Bonchev–Trinajstić information content (AvgIpc) is 2.01. The summed E-state index contributed by atoms with van der Waals surface area (Å²) in [5.74, 6) is -0.0271. The molecular weight excluding hydrogens is 158 g/mol. The molecule has 0 unspecified atom stereocenters. The van der Waals surface area contributed by atoms with E-state index in [0.29, 0.717) is 19.7 Å². The average molecular weight is 175 g/mol. The van der Waals surface area contributed by atoms with Gasteiger partial charge in [0.05, 0.1) is 13.2 Å². The topological polar surface area (TPSA) is 53.6 Å². The van der Waals surface area contributed by atoms with Gasteiger partial charge in [0.25, 0.3) is 0 Å². The third-order valence-corrected chi connectivity index (χ3v) is 1.18. The zero-order chi connectivity index (χ0) is 9.40. The monoisotopic (exact) mass is 175 g/mol. The molecule has 0 aromatic rings. The van der Waals surface area contributed by atoms with Crippen LogP contribution in [0.1, 0.15) is 0 Å². The first-order valence-corrected chi connectivity index (χ1v) is 3.83. The van der Waals surface area contributed by atoms with Crippen molar-refractivity contribution in [2.75, 3.05) is 40.9 Å². The van der Waals surface area contributed by atoms with E-state index in [4.69, 9.17) is 4.74 Å². The van der Waals surface area contributed by atoms with E-state index in [1.165, 1.54) is 0 Å². The van der Waals surface area contributed by atoms with E-state index in [1.807, 2.05) is 14.1 Å². The van der Waals surface area contributed by atoms with Gasteiger partial charge in [-0.15, -0.1) is 0 Å². The number of carbonyl (C=O) groups excluding carboxylic acids is 1. The van der Waals surface area contributed by atoms with Crippen molar-refractivity contribution in [3.63, 3.8) is 0 Å². The van der Waals surface area contributed by atoms with Gasteiger partial charge in [0.2, 0.25) is 5.91 Å². The smallest absolute Gasteiger partial charge is 0.235 e. The van der Waals surface area contributed by atoms with Crippen molar-refractivity contribution in [3.05, 3.63) is 0 Å². The van der Waals surface area contributed by atoms with Crippen molar-refractivity contribution in [1.29, 1.82) is 0 Å². The van der Waals surface area contributed by atoms with Crippen LogP contribution in [-0.2, 0) is 9.53 Å². The Bertz CT molecular complexity index is 128. The zero-order valence-electron chi connectivity index (χ0n) is 7.89. The quantitative estimate of drug-likeness (QED) is 0.394. The highest BCUT2D eigenvalue weighted by Crippen LogP contribution is 1.68. The number of ether oxygens (including phenoxy) is 1. The van der Waals surface area contributed by atoms with E-state index in [2.05, 4.69) is 10.7 Å². The minimum Gasteiger partial charge on any atom is -0.383 e. The van der Waals surface area contributed by atoms with Gasteiger partial charge in [0.15, 0.2) is 0 Å². The standard InChI is InChI=1S/C7H17N3O2/c1-10(2)9-6-7(11)8-4-5-12-3/h9H,4-6H2,1-3H3,(H,8,11). The van der Waals surface area contributed by atoms with E-state index in [0.717, 1.165) is 0 Å². The number of nitrogens with one attached hydrogen (secondary N) is 2. The first kappa shape index (κ1) is 11.4. The van der Waals surface area contributed by atoms with Crippen LogP contribution in [0.15, 0.2) is 0 Å². The Hall–Kier alpha value is -0.650. The first-order valence-electron chi connectivity index (χ1n) is 3.83. The summed E-state index contributed by atoms with van der Waals surface area (Å²) in [6.45, 7) is 1.41. The molecule has 0 saturated carbocycles. The molecule has 5 nitrogen and oxygen atoms in total. The molecule has 0 aromatic heterocycles. The van der Waals surface area contributed by atoms with Crippen molar-refractivity contribution in [2.45, 2.75) is 0 Å². The number of hydrazine groups is 1. The van der Waals surface area contributed by atoms with Crippen LogP contribution < -0.4 is 10.7 Å². The first-order chi connectivity index (χ1) is 5.66. The lowest BCUT2D eigenvalue weighted by molar-refractivity contribution is -0.121. The number of methoxy groups -OCH3 is 1. The summed E-state index contributed by atoms with van der Waals surface area (Å²) in [5.41, 5.74) is 2.85. The van der Waals surface area contributed by atoms with Crippen molar-refractivity contribution in [2.24, 2.45) is 0 Å². The van der Waals surface area contributed by atoms with Crippen molar-refractivity contribution in [3.8, 4) is 0 Å². The molecule has 0 radical (unpaired) electrons. The summed E-state index contributed by atoms with van der Waals surface area (Å²) in [4.78, 5) is 11.0. The number of hydrogen-bond acceptors (Lipinski definition) is 4. The van der Waals surface area contributed by atoms with Crippen LogP contribution in [0.4, 0.5) is 0 Å². The summed E-state index contributed by atoms with van der Waals surface area (Å²) < 4.78 is 4.77. The molecule has 0 aliphatic rings. The van der Waals surface area contributed by atoms with Gasteiger partial charge in [-0.1, -0.05) is 0 Å². The van der Waals surface area contributed by atoms with E-state index >= 15 is 0 Å². The molecule has 1 amide bonds. The van der Waals surface area contributed by atoms with Crippen LogP contribution in [0.3, 0.4) is 0 Å². The number of carbonyl (C=O) groups is 1. The second kappa shape index (κ2) is 7.02. The Morgan fingerprint density at radius 3 is 2.67 bits per heavy atom. The third-order valence-electron chi connectivity index (χ3n) is 1.18. The highest BCUT2D eigenvalue weighted by molar-refractivity contribution is 5.77. The lowest BCUT2D eigenvalue weighted by Gasteiger charge is -2.11. The van der Waals surface area contributed by atoms with E-state index in [9.17, 15) is 4.79 Å². The predicted octanol–water partition coefficient (Wildman–Crippen LogP) is -1.18. The number of nitrogens with zero attached hydrogens (tertiary/aromatic N) is 1. The van der Waals surface area contributed by atoms with Crippen molar-refractivity contribution in [1.82, 2.24) is 15.8 Å². The molecule has 0 heterocycles. The van der Waals surface area contributed by atoms with Gasteiger partial charge in [-0.25, -0.2) is 5.43 Å². The van der Waals surface area contributed by atoms with Crippen LogP contribution in [-0.4, -0.2) is 51.8 Å². The van der Waals surface area contributed by atoms with Crippen LogP contribution >= 0.6 is 0 Å². The molecule has 0 saturated heterocycles. The number of rotatable bonds is 6. The highest BCUT2D eigenvalue weighted by atomic mass is 16.5. The fourth-order valence-corrected chi connectivity index (χ4v) is 0.585. The second-order valence-corrected chi connectivity index (χ2v) is 2.57. The summed E-state index contributed by atoms with van der Waals surface area (Å²) in [6.07, 6.45) is 0. The molecule has 0 fully saturated rings. The van der Waals surface area contributed by atoms with Gasteiger partial charge in [0, 0.05) is 27.7 Å². The molecule has 0 aliphatic carbocycles. The molecular formula is C7H17N3O2. The number of amides is 1. The molecule has 0 aliphatic heterocycles. The van der Waals surface area contributed by atoms with E-state index < -0.39 is 0 Å². The van der Waals surface area contributed by atoms with E-state index in [-0.39, 0.29) is 5.91 Å². The van der Waals surface area contributed by atoms with Crippen molar-refractivity contribution >= 4 is 5.91 Å². The van der Waals surface area contributed by atoms with Crippen LogP contribution in [0.2, 0.25) is 0 Å². The molecule has 0 bridgehead atoms. The normalized spacial score (nSPS) is 10.3. The lowest BCUT2D eigenvalue weighted by atomic mass is 10.5. The zero-order valence-corrected chi connectivity index (χ0v) is 7.89. The maximum atomic E-state index is 11.0.